The largest absolute Gasteiger partial charge is 0.414 e. The summed E-state index contributed by atoms with van der Waals surface area (Å²) >= 11 is 0. The van der Waals surface area contributed by atoms with E-state index in [9.17, 15) is 5.11 Å². The molecule has 6 heteroatoms. The second kappa shape index (κ2) is 5.58. The molecule has 5 nitrogen and oxygen atoms in total. The molecule has 0 aromatic heterocycles. The lowest BCUT2D eigenvalue weighted by Crippen LogP contribution is -2.44. The van der Waals surface area contributed by atoms with Gasteiger partial charge in [-0.2, -0.15) is 0 Å². The Balaban J connectivity index is 1.97. The van der Waals surface area contributed by atoms with E-state index in [2.05, 4.69) is 33.9 Å². The van der Waals surface area contributed by atoms with Crippen LogP contribution in [0.5, 0.6) is 0 Å². The number of ether oxygens (including phenoxy) is 3. The fourth-order valence-electron chi connectivity index (χ4n) is 2.37. The van der Waals surface area contributed by atoms with Crippen LogP contribution in [0.4, 0.5) is 0 Å². The van der Waals surface area contributed by atoms with Crippen LogP contribution in [0.15, 0.2) is 0 Å². The molecule has 2 fully saturated rings. The van der Waals surface area contributed by atoms with Crippen molar-refractivity contribution in [2.45, 2.75) is 83.0 Å². The monoisotopic (exact) mass is 318 g/mol. The third-order valence-electron chi connectivity index (χ3n) is 4.76. The minimum atomic E-state index is -1.81. The molecule has 0 bridgehead atoms. The lowest BCUT2D eigenvalue weighted by atomic mass is 10.1. The minimum Gasteiger partial charge on any atom is -0.414 e. The first-order chi connectivity index (χ1) is 9.47. The van der Waals surface area contributed by atoms with E-state index in [-0.39, 0.29) is 36.1 Å². The average Bonchev–Trinajstić information content (AvgIpc) is 3.03. The molecule has 0 spiro atoms. The first-order valence-corrected chi connectivity index (χ1v) is 10.6. The molecule has 2 aliphatic rings. The minimum absolute atomic E-state index is 0.0285. The molecule has 21 heavy (non-hydrogen) atoms. The predicted molar refractivity (Wildman–Crippen MR) is 82.7 cm³/mol. The maximum Gasteiger partial charge on any atom is 0.192 e. The molecular weight excluding hydrogens is 288 g/mol. The molecule has 0 aromatic carbocycles. The second-order valence-electron chi connectivity index (χ2n) is 8.03. The van der Waals surface area contributed by atoms with Crippen molar-refractivity contribution in [2.75, 3.05) is 13.2 Å². The van der Waals surface area contributed by atoms with E-state index in [0.29, 0.717) is 6.61 Å². The van der Waals surface area contributed by atoms with E-state index in [4.69, 9.17) is 18.6 Å². The Morgan fingerprint density at radius 2 is 1.71 bits per heavy atom. The quantitative estimate of drug-likeness (QED) is 0.622. The summed E-state index contributed by atoms with van der Waals surface area (Å²) in [7, 11) is -1.81. The molecule has 0 radical (unpaired) electrons. The topological polar surface area (TPSA) is 60.5 Å². The smallest absolute Gasteiger partial charge is 0.192 e. The van der Waals surface area contributed by atoms with E-state index in [1.54, 1.807) is 0 Å². The SMILES string of the molecule is CC1(C)O[C@@H]([C@H]2O[C@@H]2CO)[C@H](CO[Si](C)(C)C(C)(C)C)O1. The molecule has 2 heterocycles. The van der Waals surface area contributed by atoms with Crippen molar-refractivity contribution in [1.29, 1.82) is 0 Å². The van der Waals surface area contributed by atoms with Gasteiger partial charge in [0.15, 0.2) is 14.1 Å². The Labute approximate surface area is 129 Å². The highest BCUT2D eigenvalue weighted by molar-refractivity contribution is 6.74. The zero-order valence-corrected chi connectivity index (χ0v) is 15.3. The van der Waals surface area contributed by atoms with Gasteiger partial charge in [-0.25, -0.2) is 0 Å². The van der Waals surface area contributed by atoms with Crippen LogP contribution in [-0.2, 0) is 18.6 Å². The summed E-state index contributed by atoms with van der Waals surface area (Å²) in [6, 6.07) is 0. The van der Waals surface area contributed by atoms with Gasteiger partial charge in [0.2, 0.25) is 0 Å². The van der Waals surface area contributed by atoms with Crippen LogP contribution in [0.2, 0.25) is 18.1 Å². The molecule has 0 amide bonds. The first-order valence-electron chi connectivity index (χ1n) is 7.73. The summed E-state index contributed by atoms with van der Waals surface area (Å²) in [5.41, 5.74) is 0. The Hall–Kier alpha value is 0.0169. The molecule has 1 N–H and O–H groups in total. The number of epoxide rings is 1. The zero-order chi connectivity index (χ0) is 16.1. The maximum atomic E-state index is 9.17. The van der Waals surface area contributed by atoms with E-state index in [1.807, 2.05) is 13.8 Å². The van der Waals surface area contributed by atoms with Crippen LogP contribution in [-0.4, -0.2) is 56.8 Å². The van der Waals surface area contributed by atoms with Crippen molar-refractivity contribution >= 4 is 8.32 Å². The Kier molecular flexibility index (Phi) is 4.62. The summed E-state index contributed by atoms with van der Waals surface area (Å²) in [5.74, 6) is -0.627. The molecule has 0 saturated carbocycles. The van der Waals surface area contributed by atoms with E-state index >= 15 is 0 Å². The van der Waals surface area contributed by atoms with Gasteiger partial charge < -0.3 is 23.7 Å². The number of aliphatic hydroxyl groups is 1. The zero-order valence-electron chi connectivity index (χ0n) is 14.3. The molecule has 4 atom stereocenters. The lowest BCUT2D eigenvalue weighted by Gasteiger charge is -2.37. The molecule has 0 unspecified atom stereocenters. The molecule has 0 aliphatic carbocycles. The standard InChI is InChI=1S/C15H30O5Si/c1-14(2,3)21(6,7)17-9-11-13(12-10(8-16)18-12)20-15(4,5)19-11/h10-13,16H,8-9H2,1-7H3/t10-,11+,12+,13-/m1/s1. The van der Waals surface area contributed by atoms with Gasteiger partial charge in [0.1, 0.15) is 24.4 Å². The normalized spacial score (nSPS) is 36.0. The van der Waals surface area contributed by atoms with Crippen molar-refractivity contribution in [3.05, 3.63) is 0 Å². The number of rotatable bonds is 5. The Morgan fingerprint density at radius 3 is 2.19 bits per heavy atom. The summed E-state index contributed by atoms with van der Waals surface area (Å²) in [6.45, 7) is 15.5. The van der Waals surface area contributed by atoms with Gasteiger partial charge in [-0.3, -0.25) is 0 Å². The van der Waals surface area contributed by atoms with E-state index in [0.717, 1.165) is 0 Å². The third kappa shape index (κ3) is 3.86. The van der Waals surface area contributed by atoms with Gasteiger partial charge in [0, 0.05) is 0 Å². The van der Waals surface area contributed by atoms with Crippen LogP contribution in [0.3, 0.4) is 0 Å². The first kappa shape index (κ1) is 17.4. The van der Waals surface area contributed by atoms with Crippen LogP contribution in [0.25, 0.3) is 0 Å². The molecule has 2 aliphatic heterocycles. The summed E-state index contributed by atoms with van der Waals surface area (Å²) in [6.07, 6.45) is -0.509. The third-order valence-corrected chi connectivity index (χ3v) is 9.26. The van der Waals surface area contributed by atoms with E-state index in [1.165, 1.54) is 0 Å². The van der Waals surface area contributed by atoms with Gasteiger partial charge in [0.05, 0.1) is 13.2 Å². The number of hydrogen-bond donors (Lipinski definition) is 1. The maximum absolute atomic E-state index is 9.17. The van der Waals surface area contributed by atoms with E-state index < -0.39 is 14.1 Å². The molecule has 124 valence electrons. The lowest BCUT2D eigenvalue weighted by molar-refractivity contribution is -0.150. The van der Waals surface area contributed by atoms with Gasteiger partial charge in [-0.1, -0.05) is 20.8 Å². The van der Waals surface area contributed by atoms with Crippen molar-refractivity contribution in [3.8, 4) is 0 Å². The highest BCUT2D eigenvalue weighted by Crippen LogP contribution is 2.40. The fourth-order valence-corrected chi connectivity index (χ4v) is 3.38. The highest BCUT2D eigenvalue weighted by Gasteiger charge is 2.55. The molecule has 2 saturated heterocycles. The summed E-state index contributed by atoms with van der Waals surface area (Å²) in [5, 5.41) is 9.34. The number of aliphatic hydroxyl groups excluding tert-OH is 1. The summed E-state index contributed by atoms with van der Waals surface area (Å²) < 4.78 is 23.7. The van der Waals surface area contributed by atoms with Crippen LogP contribution in [0, 0.1) is 0 Å². The van der Waals surface area contributed by atoms with Crippen LogP contribution in [0.1, 0.15) is 34.6 Å². The molecular formula is C15H30O5Si. The van der Waals surface area contributed by atoms with Crippen LogP contribution < -0.4 is 0 Å². The molecule has 2 rings (SSSR count). The van der Waals surface area contributed by atoms with Crippen LogP contribution >= 0.6 is 0 Å². The van der Waals surface area contributed by atoms with Gasteiger partial charge in [-0.15, -0.1) is 0 Å². The van der Waals surface area contributed by atoms with Crippen molar-refractivity contribution in [2.24, 2.45) is 0 Å². The summed E-state index contributed by atoms with van der Waals surface area (Å²) in [4.78, 5) is 0. The van der Waals surface area contributed by atoms with Gasteiger partial charge in [-0.05, 0) is 32.0 Å². The Bertz CT molecular complexity index is 377. The van der Waals surface area contributed by atoms with Crippen molar-refractivity contribution in [3.63, 3.8) is 0 Å². The van der Waals surface area contributed by atoms with Crippen molar-refractivity contribution < 1.29 is 23.7 Å². The van der Waals surface area contributed by atoms with Gasteiger partial charge in [0.25, 0.3) is 0 Å². The second-order valence-corrected chi connectivity index (χ2v) is 12.8. The Morgan fingerprint density at radius 1 is 1.10 bits per heavy atom. The number of hydrogen-bond acceptors (Lipinski definition) is 5. The highest BCUT2D eigenvalue weighted by atomic mass is 28.4. The predicted octanol–water partition coefficient (Wildman–Crippen LogP) is 2.29. The van der Waals surface area contributed by atoms with Crippen molar-refractivity contribution in [1.82, 2.24) is 0 Å². The fraction of sp³-hybridized carbons (Fsp3) is 1.00. The van der Waals surface area contributed by atoms with Gasteiger partial charge >= 0.3 is 0 Å². The molecule has 0 aromatic rings. The average molecular weight is 318 g/mol.